The quantitative estimate of drug-likeness (QED) is 0.822. The van der Waals surface area contributed by atoms with Gasteiger partial charge in [-0.25, -0.2) is 21.9 Å². The van der Waals surface area contributed by atoms with E-state index in [1.165, 1.54) is 12.1 Å². The SMILES string of the molecule is CCc1ccc(S(=O)(=O)NCC(F)F)cc1CN. The van der Waals surface area contributed by atoms with Gasteiger partial charge in [0.1, 0.15) is 0 Å². The van der Waals surface area contributed by atoms with E-state index >= 15 is 0 Å². The molecular weight excluding hydrogens is 262 g/mol. The molecule has 1 aromatic carbocycles. The van der Waals surface area contributed by atoms with Crippen LogP contribution in [-0.2, 0) is 23.0 Å². The molecule has 0 aromatic heterocycles. The average molecular weight is 278 g/mol. The molecular formula is C11H16F2N2O2S. The van der Waals surface area contributed by atoms with E-state index in [9.17, 15) is 17.2 Å². The summed E-state index contributed by atoms with van der Waals surface area (Å²) in [5, 5.41) is 0. The van der Waals surface area contributed by atoms with Crippen LogP contribution in [0.3, 0.4) is 0 Å². The van der Waals surface area contributed by atoms with Crippen LogP contribution in [0.1, 0.15) is 18.1 Å². The second kappa shape index (κ2) is 6.21. The van der Waals surface area contributed by atoms with E-state index in [0.29, 0.717) is 5.56 Å². The molecule has 3 N–H and O–H groups in total. The molecule has 0 bridgehead atoms. The van der Waals surface area contributed by atoms with Gasteiger partial charge in [0.2, 0.25) is 10.0 Å². The largest absolute Gasteiger partial charge is 0.326 e. The number of rotatable bonds is 6. The van der Waals surface area contributed by atoms with Gasteiger partial charge in [-0.15, -0.1) is 0 Å². The van der Waals surface area contributed by atoms with Crippen molar-refractivity contribution in [2.24, 2.45) is 5.73 Å². The maximum absolute atomic E-state index is 12.0. The Morgan fingerprint density at radius 2 is 2.00 bits per heavy atom. The lowest BCUT2D eigenvalue weighted by Crippen LogP contribution is -2.28. The third kappa shape index (κ3) is 3.72. The van der Waals surface area contributed by atoms with E-state index in [1.807, 2.05) is 11.6 Å². The minimum absolute atomic E-state index is 0.0409. The highest BCUT2D eigenvalue weighted by Gasteiger charge is 2.17. The molecule has 0 spiro atoms. The summed E-state index contributed by atoms with van der Waals surface area (Å²) < 4.78 is 49.3. The van der Waals surface area contributed by atoms with Crippen LogP contribution in [0.2, 0.25) is 0 Å². The van der Waals surface area contributed by atoms with Crippen molar-refractivity contribution < 1.29 is 17.2 Å². The smallest absolute Gasteiger partial charge is 0.251 e. The monoisotopic (exact) mass is 278 g/mol. The second-order valence-electron chi connectivity index (χ2n) is 3.73. The highest BCUT2D eigenvalue weighted by Crippen LogP contribution is 2.16. The topological polar surface area (TPSA) is 72.2 Å². The number of hydrogen-bond acceptors (Lipinski definition) is 3. The minimum Gasteiger partial charge on any atom is -0.326 e. The number of benzene rings is 1. The van der Waals surface area contributed by atoms with E-state index in [2.05, 4.69) is 0 Å². The number of aryl methyl sites for hydroxylation is 1. The van der Waals surface area contributed by atoms with Crippen molar-refractivity contribution in [2.45, 2.75) is 31.2 Å². The predicted molar refractivity (Wildman–Crippen MR) is 64.9 cm³/mol. The van der Waals surface area contributed by atoms with Crippen LogP contribution in [0.25, 0.3) is 0 Å². The first kappa shape index (κ1) is 15.0. The summed E-state index contributed by atoms with van der Waals surface area (Å²) in [5.74, 6) is 0. The molecule has 0 aliphatic rings. The lowest BCUT2D eigenvalue weighted by molar-refractivity contribution is 0.153. The van der Waals surface area contributed by atoms with Crippen molar-refractivity contribution in [1.29, 1.82) is 0 Å². The van der Waals surface area contributed by atoms with Crippen LogP contribution < -0.4 is 10.5 Å². The molecule has 0 saturated carbocycles. The van der Waals surface area contributed by atoms with Gasteiger partial charge in [0.05, 0.1) is 11.4 Å². The lowest BCUT2D eigenvalue weighted by Gasteiger charge is -2.10. The Bertz CT molecular complexity index is 504. The molecule has 0 heterocycles. The summed E-state index contributed by atoms with van der Waals surface area (Å²) in [6.45, 7) is 1.24. The Balaban J connectivity index is 3.02. The van der Waals surface area contributed by atoms with Crippen molar-refractivity contribution >= 4 is 10.0 Å². The summed E-state index contributed by atoms with van der Waals surface area (Å²) in [5.41, 5.74) is 7.18. The van der Waals surface area contributed by atoms with Crippen molar-refractivity contribution in [3.05, 3.63) is 29.3 Å². The molecule has 7 heteroatoms. The summed E-state index contributed by atoms with van der Waals surface area (Å²) in [7, 11) is -3.90. The zero-order valence-electron chi connectivity index (χ0n) is 9.99. The van der Waals surface area contributed by atoms with Crippen molar-refractivity contribution in [2.75, 3.05) is 6.54 Å². The Morgan fingerprint density at radius 3 is 2.50 bits per heavy atom. The summed E-state index contributed by atoms with van der Waals surface area (Å²) in [4.78, 5) is -0.0409. The van der Waals surface area contributed by atoms with Crippen molar-refractivity contribution in [3.63, 3.8) is 0 Å². The van der Waals surface area contributed by atoms with Gasteiger partial charge in [-0.1, -0.05) is 13.0 Å². The average Bonchev–Trinajstić information content (AvgIpc) is 2.35. The van der Waals surface area contributed by atoms with Crippen molar-refractivity contribution in [1.82, 2.24) is 4.72 Å². The first-order chi connectivity index (χ1) is 8.40. The molecule has 0 atom stereocenters. The molecule has 0 fully saturated rings. The fraction of sp³-hybridized carbons (Fsp3) is 0.455. The summed E-state index contributed by atoms with van der Waals surface area (Å²) in [6, 6.07) is 4.47. The van der Waals surface area contributed by atoms with Crippen LogP contribution in [0.5, 0.6) is 0 Å². The highest BCUT2D eigenvalue weighted by molar-refractivity contribution is 7.89. The fourth-order valence-electron chi connectivity index (χ4n) is 1.56. The first-order valence-corrected chi connectivity index (χ1v) is 6.98. The molecule has 0 saturated heterocycles. The van der Waals surface area contributed by atoms with Crippen LogP contribution in [-0.4, -0.2) is 21.4 Å². The van der Waals surface area contributed by atoms with Gasteiger partial charge < -0.3 is 5.73 Å². The minimum atomic E-state index is -3.90. The van der Waals surface area contributed by atoms with Gasteiger partial charge in [0.15, 0.2) is 0 Å². The summed E-state index contributed by atoms with van der Waals surface area (Å²) in [6.07, 6.45) is -1.99. The molecule has 0 unspecified atom stereocenters. The van der Waals surface area contributed by atoms with E-state index in [0.717, 1.165) is 12.0 Å². The van der Waals surface area contributed by atoms with E-state index < -0.39 is 23.0 Å². The Hall–Kier alpha value is -1.05. The van der Waals surface area contributed by atoms with Gasteiger partial charge >= 0.3 is 0 Å². The number of nitrogens with one attached hydrogen (secondary N) is 1. The van der Waals surface area contributed by atoms with E-state index in [4.69, 9.17) is 5.73 Å². The van der Waals surface area contributed by atoms with Crippen LogP contribution in [0.4, 0.5) is 8.78 Å². The molecule has 0 amide bonds. The Kier molecular flexibility index (Phi) is 5.18. The van der Waals surface area contributed by atoms with Gasteiger partial charge in [0.25, 0.3) is 6.43 Å². The third-order valence-corrected chi connectivity index (χ3v) is 3.94. The Morgan fingerprint density at radius 1 is 1.33 bits per heavy atom. The second-order valence-corrected chi connectivity index (χ2v) is 5.50. The summed E-state index contributed by atoms with van der Waals surface area (Å²) >= 11 is 0. The molecule has 18 heavy (non-hydrogen) atoms. The maximum Gasteiger partial charge on any atom is 0.251 e. The number of nitrogens with two attached hydrogens (primary N) is 1. The van der Waals surface area contributed by atoms with Crippen LogP contribution in [0, 0.1) is 0 Å². The number of alkyl halides is 2. The van der Waals surface area contributed by atoms with Gasteiger partial charge in [-0.3, -0.25) is 0 Å². The highest BCUT2D eigenvalue weighted by atomic mass is 32.2. The zero-order valence-corrected chi connectivity index (χ0v) is 10.8. The first-order valence-electron chi connectivity index (χ1n) is 5.50. The molecule has 102 valence electrons. The number of hydrogen-bond donors (Lipinski definition) is 2. The van der Waals surface area contributed by atoms with Gasteiger partial charge in [-0.2, -0.15) is 0 Å². The zero-order chi connectivity index (χ0) is 13.8. The fourth-order valence-corrected chi connectivity index (χ4v) is 2.62. The number of halogens is 2. The van der Waals surface area contributed by atoms with E-state index in [-0.39, 0.29) is 11.4 Å². The maximum atomic E-state index is 12.0. The molecule has 0 radical (unpaired) electrons. The van der Waals surface area contributed by atoms with E-state index in [1.54, 1.807) is 6.07 Å². The van der Waals surface area contributed by atoms with Crippen molar-refractivity contribution in [3.8, 4) is 0 Å². The molecule has 4 nitrogen and oxygen atoms in total. The molecule has 0 aliphatic carbocycles. The van der Waals surface area contributed by atoms with Gasteiger partial charge in [0, 0.05) is 6.54 Å². The molecule has 1 rings (SSSR count). The number of sulfonamides is 1. The predicted octanol–water partition coefficient (Wildman–Crippen LogP) is 1.25. The lowest BCUT2D eigenvalue weighted by atomic mass is 10.1. The standard InChI is InChI=1S/C11H16F2N2O2S/c1-2-8-3-4-10(5-9(8)6-14)18(16,17)15-7-11(12)13/h3-5,11,15H,2,6-7,14H2,1H3. The normalized spacial score (nSPS) is 12.1. The molecule has 0 aliphatic heterocycles. The Labute approximate surface area is 105 Å². The third-order valence-electron chi connectivity index (χ3n) is 2.52. The molecule has 1 aromatic rings. The van der Waals surface area contributed by atoms with Gasteiger partial charge in [-0.05, 0) is 29.7 Å². The van der Waals surface area contributed by atoms with Crippen LogP contribution >= 0.6 is 0 Å². The van der Waals surface area contributed by atoms with Crippen LogP contribution in [0.15, 0.2) is 23.1 Å².